The third kappa shape index (κ3) is 3.44. The van der Waals surface area contributed by atoms with Crippen LogP contribution in [0.5, 0.6) is 0 Å². The molecule has 1 aliphatic rings. The van der Waals surface area contributed by atoms with Crippen LogP contribution < -0.4 is 5.32 Å². The minimum absolute atomic E-state index is 0.150. The molecule has 0 bridgehead atoms. The van der Waals surface area contributed by atoms with Crippen molar-refractivity contribution in [3.05, 3.63) is 45.8 Å². The standard InChI is InChI=1S/C18H18N2OS2/c1-11(2)22-13-8-6-12(7-9-13)17(21)20-18-15(10-19)14-4-3-5-16(14)23-18/h6-9,11H,3-5H2,1-2H3,(H,20,21). The van der Waals surface area contributed by atoms with Crippen molar-refractivity contribution in [1.82, 2.24) is 0 Å². The highest BCUT2D eigenvalue weighted by Crippen LogP contribution is 2.38. The number of rotatable bonds is 4. The lowest BCUT2D eigenvalue weighted by Gasteiger charge is -2.07. The Labute approximate surface area is 144 Å². The maximum Gasteiger partial charge on any atom is 0.256 e. The van der Waals surface area contributed by atoms with E-state index in [0.29, 0.717) is 21.4 Å². The number of hydrogen-bond donors (Lipinski definition) is 1. The molecule has 0 radical (unpaired) electrons. The van der Waals surface area contributed by atoms with E-state index in [4.69, 9.17) is 0 Å². The molecule has 2 aromatic rings. The van der Waals surface area contributed by atoms with Crippen LogP contribution in [0.2, 0.25) is 0 Å². The Bertz CT molecular complexity index is 770. The number of benzene rings is 1. The first-order chi connectivity index (χ1) is 11.1. The van der Waals surface area contributed by atoms with E-state index in [0.717, 1.165) is 29.7 Å². The van der Waals surface area contributed by atoms with E-state index in [1.54, 1.807) is 23.1 Å². The van der Waals surface area contributed by atoms with E-state index in [-0.39, 0.29) is 5.91 Å². The summed E-state index contributed by atoms with van der Waals surface area (Å²) < 4.78 is 0. The van der Waals surface area contributed by atoms with Crippen LogP contribution in [0, 0.1) is 11.3 Å². The summed E-state index contributed by atoms with van der Waals surface area (Å²) in [6.07, 6.45) is 3.08. The fourth-order valence-corrected chi connectivity index (χ4v) is 4.82. The van der Waals surface area contributed by atoms with Crippen molar-refractivity contribution in [3.8, 4) is 6.07 Å². The Hall–Kier alpha value is -1.77. The van der Waals surface area contributed by atoms with Gasteiger partial charge in [0.05, 0.1) is 5.56 Å². The normalized spacial score (nSPS) is 13.0. The SMILES string of the molecule is CC(C)Sc1ccc(C(=O)Nc2sc3c(c2C#N)CCC3)cc1. The van der Waals surface area contributed by atoms with Crippen molar-refractivity contribution in [2.45, 2.75) is 43.3 Å². The van der Waals surface area contributed by atoms with Crippen molar-refractivity contribution < 1.29 is 4.79 Å². The Morgan fingerprint density at radius 2 is 2.04 bits per heavy atom. The second kappa shape index (κ2) is 6.77. The Morgan fingerprint density at radius 1 is 1.30 bits per heavy atom. The van der Waals surface area contributed by atoms with E-state index < -0.39 is 0 Å². The van der Waals surface area contributed by atoms with Crippen LogP contribution in [0.4, 0.5) is 5.00 Å². The van der Waals surface area contributed by atoms with E-state index >= 15 is 0 Å². The van der Waals surface area contributed by atoms with Crippen LogP contribution in [-0.4, -0.2) is 11.2 Å². The molecule has 0 unspecified atom stereocenters. The van der Waals surface area contributed by atoms with Gasteiger partial charge in [-0.1, -0.05) is 13.8 Å². The Kier molecular flexibility index (Phi) is 4.74. The first kappa shape index (κ1) is 16.1. The summed E-state index contributed by atoms with van der Waals surface area (Å²) in [7, 11) is 0. The van der Waals surface area contributed by atoms with Gasteiger partial charge < -0.3 is 5.32 Å². The predicted octanol–water partition coefficient (Wildman–Crippen LogP) is 4.86. The molecule has 1 amide bonds. The summed E-state index contributed by atoms with van der Waals surface area (Å²) in [5.74, 6) is -0.150. The summed E-state index contributed by atoms with van der Waals surface area (Å²) in [5.41, 5.74) is 2.41. The molecule has 0 atom stereocenters. The third-order valence-corrected chi connectivity index (χ3v) is 5.97. The molecule has 5 heteroatoms. The minimum atomic E-state index is -0.150. The predicted molar refractivity (Wildman–Crippen MR) is 96.4 cm³/mol. The molecule has 0 spiro atoms. The fourth-order valence-electron chi connectivity index (χ4n) is 2.74. The number of carbonyl (C=O) groups excluding carboxylic acids is 1. The molecule has 0 fully saturated rings. The molecular weight excluding hydrogens is 324 g/mol. The van der Waals surface area contributed by atoms with Crippen molar-refractivity contribution in [1.29, 1.82) is 5.26 Å². The van der Waals surface area contributed by atoms with Gasteiger partial charge in [0.15, 0.2) is 0 Å². The number of fused-ring (bicyclic) bond motifs is 1. The molecule has 1 aliphatic carbocycles. The largest absolute Gasteiger partial charge is 0.312 e. The quantitative estimate of drug-likeness (QED) is 0.807. The molecular formula is C18H18N2OS2. The molecule has 118 valence electrons. The monoisotopic (exact) mass is 342 g/mol. The number of anilines is 1. The van der Waals surface area contributed by atoms with Gasteiger partial charge in [-0.25, -0.2) is 0 Å². The summed E-state index contributed by atoms with van der Waals surface area (Å²) in [6.45, 7) is 4.29. The average molecular weight is 342 g/mol. The Morgan fingerprint density at radius 3 is 2.70 bits per heavy atom. The summed E-state index contributed by atoms with van der Waals surface area (Å²) >= 11 is 3.32. The number of nitriles is 1. The second-order valence-electron chi connectivity index (χ2n) is 5.82. The molecule has 1 heterocycles. The van der Waals surface area contributed by atoms with E-state index in [2.05, 4.69) is 25.2 Å². The second-order valence-corrected chi connectivity index (χ2v) is 8.57. The van der Waals surface area contributed by atoms with Crippen LogP contribution in [0.25, 0.3) is 0 Å². The number of amides is 1. The van der Waals surface area contributed by atoms with E-state index in [1.165, 1.54) is 4.88 Å². The van der Waals surface area contributed by atoms with Gasteiger partial charge in [0.1, 0.15) is 11.1 Å². The lowest BCUT2D eigenvalue weighted by atomic mass is 10.1. The maximum atomic E-state index is 12.4. The third-order valence-electron chi connectivity index (χ3n) is 3.75. The zero-order valence-corrected chi connectivity index (χ0v) is 14.8. The smallest absolute Gasteiger partial charge is 0.256 e. The minimum Gasteiger partial charge on any atom is -0.312 e. The zero-order chi connectivity index (χ0) is 16.4. The maximum absolute atomic E-state index is 12.4. The number of thioether (sulfide) groups is 1. The number of nitrogens with zero attached hydrogens (tertiary/aromatic N) is 1. The van der Waals surface area contributed by atoms with Crippen molar-refractivity contribution >= 4 is 34.0 Å². The molecule has 0 saturated carbocycles. The number of nitrogens with one attached hydrogen (secondary N) is 1. The lowest BCUT2D eigenvalue weighted by Crippen LogP contribution is -2.11. The van der Waals surface area contributed by atoms with Crippen molar-refractivity contribution in [2.24, 2.45) is 0 Å². The molecule has 1 aromatic heterocycles. The topological polar surface area (TPSA) is 52.9 Å². The number of carbonyl (C=O) groups is 1. The van der Waals surface area contributed by atoms with Crippen molar-refractivity contribution in [3.63, 3.8) is 0 Å². The van der Waals surface area contributed by atoms with Gasteiger partial charge >= 0.3 is 0 Å². The average Bonchev–Trinajstić information content (AvgIpc) is 3.07. The molecule has 23 heavy (non-hydrogen) atoms. The molecule has 0 aliphatic heterocycles. The van der Waals surface area contributed by atoms with Gasteiger partial charge in [-0.2, -0.15) is 5.26 Å². The number of hydrogen-bond acceptors (Lipinski definition) is 4. The molecule has 0 saturated heterocycles. The van der Waals surface area contributed by atoms with Crippen LogP contribution in [0.1, 0.15) is 46.6 Å². The van der Waals surface area contributed by atoms with Crippen LogP contribution >= 0.6 is 23.1 Å². The first-order valence-corrected chi connectivity index (χ1v) is 9.41. The summed E-state index contributed by atoms with van der Waals surface area (Å²) in [5, 5.41) is 13.5. The summed E-state index contributed by atoms with van der Waals surface area (Å²) in [6, 6.07) is 9.88. The highest BCUT2D eigenvalue weighted by molar-refractivity contribution is 7.99. The lowest BCUT2D eigenvalue weighted by molar-refractivity contribution is 0.102. The highest BCUT2D eigenvalue weighted by Gasteiger charge is 2.23. The van der Waals surface area contributed by atoms with Gasteiger partial charge in [-0.05, 0) is 49.1 Å². The molecule has 1 aromatic carbocycles. The van der Waals surface area contributed by atoms with Crippen LogP contribution in [0.3, 0.4) is 0 Å². The van der Waals surface area contributed by atoms with Gasteiger partial charge in [0.2, 0.25) is 0 Å². The molecule has 1 N–H and O–H groups in total. The number of thiophene rings is 1. The van der Waals surface area contributed by atoms with Gasteiger partial charge in [-0.3, -0.25) is 4.79 Å². The van der Waals surface area contributed by atoms with Crippen LogP contribution in [-0.2, 0) is 12.8 Å². The Balaban J connectivity index is 1.76. The molecule has 3 nitrogen and oxygen atoms in total. The first-order valence-electron chi connectivity index (χ1n) is 7.71. The highest BCUT2D eigenvalue weighted by atomic mass is 32.2. The zero-order valence-electron chi connectivity index (χ0n) is 13.2. The van der Waals surface area contributed by atoms with Crippen molar-refractivity contribution in [2.75, 3.05) is 5.32 Å². The number of aryl methyl sites for hydroxylation is 1. The van der Waals surface area contributed by atoms with Gasteiger partial charge in [0.25, 0.3) is 5.91 Å². The van der Waals surface area contributed by atoms with Crippen LogP contribution in [0.15, 0.2) is 29.2 Å². The van der Waals surface area contributed by atoms with E-state index in [9.17, 15) is 10.1 Å². The molecule has 3 rings (SSSR count). The van der Waals surface area contributed by atoms with Gasteiger partial charge in [0, 0.05) is 20.6 Å². The summed E-state index contributed by atoms with van der Waals surface area (Å²) in [4.78, 5) is 14.8. The fraction of sp³-hybridized carbons (Fsp3) is 0.333. The van der Waals surface area contributed by atoms with Gasteiger partial charge in [-0.15, -0.1) is 23.1 Å². The van der Waals surface area contributed by atoms with E-state index in [1.807, 2.05) is 24.3 Å².